The van der Waals surface area contributed by atoms with Gasteiger partial charge in [-0.05, 0) is 19.8 Å². The van der Waals surface area contributed by atoms with Crippen LogP contribution in [0.5, 0.6) is 0 Å². The monoisotopic (exact) mass is 215 g/mol. The smallest absolute Gasteiger partial charge is 0.235 e. The van der Waals surface area contributed by atoms with Gasteiger partial charge in [0.2, 0.25) is 5.91 Å². The van der Waals surface area contributed by atoms with Gasteiger partial charge in [0.15, 0.2) is 0 Å². The van der Waals surface area contributed by atoms with Gasteiger partial charge in [0.1, 0.15) is 0 Å². The van der Waals surface area contributed by atoms with E-state index in [-0.39, 0.29) is 10.7 Å². The normalized spacial score (nSPS) is 12.0. The van der Waals surface area contributed by atoms with Gasteiger partial charge in [-0.2, -0.15) is 0 Å². The van der Waals surface area contributed by atoms with E-state index in [0.717, 1.165) is 18.6 Å². The van der Waals surface area contributed by atoms with Crippen LogP contribution in [0.1, 0.15) is 33.6 Å². The Morgan fingerprint density at radius 3 is 2.36 bits per heavy atom. The van der Waals surface area contributed by atoms with Gasteiger partial charge in [-0.25, -0.2) is 0 Å². The Kier molecular flexibility index (Phi) is 6.71. The maximum Gasteiger partial charge on any atom is 0.235 e. The molecule has 3 heteroatoms. The second kappa shape index (κ2) is 6.93. The fraction of sp³-hybridized carbons (Fsp3) is 0.727. The predicted octanol–water partition coefficient (Wildman–Crippen LogP) is 2.60. The zero-order chi connectivity index (χ0) is 11.0. The average Bonchev–Trinajstić information content (AvgIpc) is 2.24. The molecular formula is C11H21NOS. The zero-order valence-corrected chi connectivity index (χ0v) is 10.4. The molecule has 0 aromatic carbocycles. The number of thioether (sulfide) groups is 1. The third-order valence-corrected chi connectivity index (χ3v) is 4.15. The number of hydrogen-bond donors (Lipinski definition) is 1. The van der Waals surface area contributed by atoms with Crippen molar-refractivity contribution in [1.82, 2.24) is 5.32 Å². The number of allylic oxidation sites excluding steroid dienone is 1. The Hall–Kier alpha value is -0.440. The van der Waals surface area contributed by atoms with Crippen LogP contribution in [0.4, 0.5) is 0 Å². The molecule has 0 bridgehead atoms. The SMILES string of the molecule is C/C=C/CSC(CC)(CC)C(=O)NC. The predicted molar refractivity (Wildman–Crippen MR) is 64.7 cm³/mol. The maximum absolute atomic E-state index is 11.7. The Morgan fingerprint density at radius 1 is 1.43 bits per heavy atom. The third kappa shape index (κ3) is 3.37. The van der Waals surface area contributed by atoms with Crippen molar-refractivity contribution in [2.75, 3.05) is 12.8 Å². The van der Waals surface area contributed by atoms with Gasteiger partial charge in [-0.3, -0.25) is 4.79 Å². The Balaban J connectivity index is 4.44. The van der Waals surface area contributed by atoms with Gasteiger partial charge >= 0.3 is 0 Å². The van der Waals surface area contributed by atoms with Crippen LogP contribution in [0.3, 0.4) is 0 Å². The minimum absolute atomic E-state index is 0.150. The Bertz CT molecular complexity index is 197. The van der Waals surface area contributed by atoms with Crippen LogP contribution in [-0.4, -0.2) is 23.5 Å². The summed E-state index contributed by atoms with van der Waals surface area (Å²) in [5.41, 5.74) is 0. The third-order valence-electron chi connectivity index (χ3n) is 2.47. The molecule has 0 heterocycles. The molecule has 82 valence electrons. The molecule has 0 aliphatic heterocycles. The molecule has 0 atom stereocenters. The van der Waals surface area contributed by atoms with E-state index in [4.69, 9.17) is 0 Å². The summed E-state index contributed by atoms with van der Waals surface area (Å²) < 4.78 is -0.242. The molecule has 0 aliphatic carbocycles. The van der Waals surface area contributed by atoms with E-state index in [0.29, 0.717) is 0 Å². The lowest BCUT2D eigenvalue weighted by Gasteiger charge is -2.28. The summed E-state index contributed by atoms with van der Waals surface area (Å²) in [6, 6.07) is 0. The van der Waals surface area contributed by atoms with Crippen LogP contribution in [-0.2, 0) is 4.79 Å². The molecule has 0 aromatic heterocycles. The summed E-state index contributed by atoms with van der Waals surface area (Å²) in [7, 11) is 1.71. The molecular weight excluding hydrogens is 194 g/mol. The van der Waals surface area contributed by atoms with Crippen molar-refractivity contribution in [2.45, 2.75) is 38.4 Å². The van der Waals surface area contributed by atoms with E-state index in [9.17, 15) is 4.79 Å². The fourth-order valence-electron chi connectivity index (χ4n) is 1.37. The summed E-state index contributed by atoms with van der Waals surface area (Å²) in [4.78, 5) is 11.7. The molecule has 1 amide bonds. The lowest BCUT2D eigenvalue weighted by molar-refractivity contribution is -0.123. The molecule has 0 aromatic rings. The van der Waals surface area contributed by atoms with Crippen LogP contribution >= 0.6 is 11.8 Å². The van der Waals surface area contributed by atoms with Crippen molar-refractivity contribution in [2.24, 2.45) is 0 Å². The van der Waals surface area contributed by atoms with Gasteiger partial charge in [0.05, 0.1) is 4.75 Å². The lowest BCUT2D eigenvalue weighted by atomic mass is 10.0. The van der Waals surface area contributed by atoms with Crippen molar-refractivity contribution in [3.8, 4) is 0 Å². The molecule has 0 rings (SSSR count). The molecule has 0 radical (unpaired) electrons. The highest BCUT2D eigenvalue weighted by molar-refractivity contribution is 8.01. The van der Waals surface area contributed by atoms with Gasteiger partial charge in [0, 0.05) is 12.8 Å². The number of hydrogen-bond acceptors (Lipinski definition) is 2. The van der Waals surface area contributed by atoms with Crippen LogP contribution in [0.25, 0.3) is 0 Å². The highest BCUT2D eigenvalue weighted by Crippen LogP contribution is 2.32. The van der Waals surface area contributed by atoms with Crippen molar-refractivity contribution >= 4 is 17.7 Å². The fourth-order valence-corrected chi connectivity index (χ4v) is 2.62. The van der Waals surface area contributed by atoms with Gasteiger partial charge < -0.3 is 5.32 Å². The number of carbonyl (C=O) groups excluding carboxylic acids is 1. The van der Waals surface area contributed by atoms with Crippen molar-refractivity contribution < 1.29 is 4.79 Å². The van der Waals surface area contributed by atoms with Crippen molar-refractivity contribution in [3.05, 3.63) is 12.2 Å². The summed E-state index contributed by atoms with van der Waals surface area (Å²) >= 11 is 1.73. The number of amides is 1. The second-order valence-corrected chi connectivity index (χ2v) is 4.56. The van der Waals surface area contributed by atoms with E-state index in [1.807, 2.05) is 13.0 Å². The highest BCUT2D eigenvalue weighted by Gasteiger charge is 2.33. The summed E-state index contributed by atoms with van der Waals surface area (Å²) in [6.45, 7) is 6.14. The standard InChI is InChI=1S/C11H21NOS/c1-5-8-9-14-11(6-2,7-3)10(13)12-4/h5,8H,6-7,9H2,1-4H3,(H,12,13)/b8-5+. The second-order valence-electron chi connectivity index (χ2n) is 3.16. The molecule has 2 nitrogen and oxygen atoms in total. The van der Waals surface area contributed by atoms with E-state index in [2.05, 4.69) is 25.2 Å². The van der Waals surface area contributed by atoms with Crippen molar-refractivity contribution in [1.29, 1.82) is 0 Å². The summed E-state index contributed by atoms with van der Waals surface area (Å²) in [5, 5.41) is 2.75. The van der Waals surface area contributed by atoms with Crippen LogP contribution < -0.4 is 5.32 Å². The van der Waals surface area contributed by atoms with Crippen LogP contribution in [0.2, 0.25) is 0 Å². The highest BCUT2D eigenvalue weighted by atomic mass is 32.2. The summed E-state index contributed by atoms with van der Waals surface area (Å²) in [5.74, 6) is 1.06. The molecule has 0 aliphatic rings. The van der Waals surface area contributed by atoms with Crippen LogP contribution in [0.15, 0.2) is 12.2 Å². The molecule has 0 fully saturated rings. The molecule has 1 N–H and O–H groups in total. The Morgan fingerprint density at radius 2 is 2.00 bits per heavy atom. The first-order chi connectivity index (χ1) is 6.66. The quantitative estimate of drug-likeness (QED) is 0.690. The Labute approximate surface area is 91.5 Å². The van der Waals surface area contributed by atoms with Crippen LogP contribution in [0, 0.1) is 0 Å². The number of nitrogens with one attached hydrogen (secondary N) is 1. The number of carbonyl (C=O) groups is 1. The van der Waals surface area contributed by atoms with Gasteiger partial charge in [-0.15, -0.1) is 11.8 Å². The van der Waals surface area contributed by atoms with Gasteiger partial charge in [-0.1, -0.05) is 26.0 Å². The maximum atomic E-state index is 11.7. The molecule has 0 spiro atoms. The van der Waals surface area contributed by atoms with E-state index in [1.54, 1.807) is 18.8 Å². The summed E-state index contributed by atoms with van der Waals surface area (Å²) in [6.07, 6.45) is 5.87. The van der Waals surface area contributed by atoms with Gasteiger partial charge in [0.25, 0.3) is 0 Å². The van der Waals surface area contributed by atoms with E-state index < -0.39 is 0 Å². The first-order valence-corrected chi connectivity index (χ1v) is 6.12. The average molecular weight is 215 g/mol. The van der Waals surface area contributed by atoms with Crippen molar-refractivity contribution in [3.63, 3.8) is 0 Å². The molecule has 14 heavy (non-hydrogen) atoms. The minimum Gasteiger partial charge on any atom is -0.358 e. The molecule has 0 saturated carbocycles. The molecule has 0 saturated heterocycles. The zero-order valence-electron chi connectivity index (χ0n) is 9.59. The van der Waals surface area contributed by atoms with E-state index >= 15 is 0 Å². The topological polar surface area (TPSA) is 29.1 Å². The lowest BCUT2D eigenvalue weighted by Crippen LogP contribution is -2.42. The van der Waals surface area contributed by atoms with E-state index in [1.165, 1.54) is 0 Å². The molecule has 0 unspecified atom stereocenters. The minimum atomic E-state index is -0.242. The largest absolute Gasteiger partial charge is 0.358 e. The first kappa shape index (κ1) is 13.6. The number of rotatable bonds is 6. The first-order valence-electron chi connectivity index (χ1n) is 5.14.